The molecule has 96 valence electrons. The molecule has 18 heavy (non-hydrogen) atoms. The summed E-state index contributed by atoms with van der Waals surface area (Å²) in [5.74, 6) is 0.323. The lowest BCUT2D eigenvalue weighted by atomic mass is 9.94. The van der Waals surface area contributed by atoms with Crippen LogP contribution in [0.25, 0.3) is 10.9 Å². The maximum atomic E-state index is 13.4. The van der Waals surface area contributed by atoms with Gasteiger partial charge in [-0.25, -0.2) is 4.39 Å². The Labute approximate surface area is 106 Å². The molecule has 0 aliphatic carbocycles. The second kappa shape index (κ2) is 4.92. The molecule has 0 aliphatic heterocycles. The summed E-state index contributed by atoms with van der Waals surface area (Å²) in [6, 6.07) is 3.41. The van der Waals surface area contributed by atoms with Gasteiger partial charge in [-0.1, -0.05) is 6.92 Å². The number of aryl methyl sites for hydroxylation is 1. The number of fused-ring (bicyclic) bond motifs is 1. The molecular formula is C15H18FNO. The average molecular weight is 247 g/mol. The van der Waals surface area contributed by atoms with Crippen LogP contribution in [0.5, 0.6) is 0 Å². The molecule has 0 saturated heterocycles. The Hall–Kier alpha value is -1.64. The van der Waals surface area contributed by atoms with Crippen molar-refractivity contribution in [2.45, 2.75) is 39.5 Å². The number of carbonyl (C=O) groups excluding carboxylic acids is 1. The third-order valence-corrected chi connectivity index (χ3v) is 3.45. The predicted octanol–water partition coefficient (Wildman–Crippen LogP) is 4.09. The number of hydrogen-bond acceptors (Lipinski definition) is 1. The molecule has 0 bridgehead atoms. The van der Waals surface area contributed by atoms with Crippen LogP contribution >= 0.6 is 0 Å². The molecule has 1 heterocycles. The number of hydrogen-bond donors (Lipinski definition) is 1. The third-order valence-electron chi connectivity index (χ3n) is 3.45. The molecule has 0 amide bonds. The Morgan fingerprint density at radius 3 is 2.83 bits per heavy atom. The average Bonchev–Trinajstić information content (AvgIpc) is 2.69. The Kier molecular flexibility index (Phi) is 3.50. The number of nitrogens with one attached hydrogen (secondary N) is 1. The number of Topliss-reactive ketones (excluding diaryl/α,β-unsaturated/α-hetero) is 1. The molecule has 2 rings (SSSR count). The molecular weight excluding hydrogens is 229 g/mol. The minimum atomic E-state index is -0.188. The Bertz CT molecular complexity index is 585. The van der Waals surface area contributed by atoms with E-state index < -0.39 is 0 Å². The first-order valence-electron chi connectivity index (χ1n) is 6.25. The van der Waals surface area contributed by atoms with Crippen LogP contribution in [0.2, 0.25) is 0 Å². The van der Waals surface area contributed by atoms with Crippen LogP contribution in [0.3, 0.4) is 0 Å². The fourth-order valence-corrected chi connectivity index (χ4v) is 2.26. The van der Waals surface area contributed by atoms with Gasteiger partial charge in [0.15, 0.2) is 0 Å². The fourth-order valence-electron chi connectivity index (χ4n) is 2.26. The zero-order valence-corrected chi connectivity index (χ0v) is 11.0. The van der Waals surface area contributed by atoms with Gasteiger partial charge in [0.1, 0.15) is 11.6 Å². The molecule has 0 saturated carbocycles. The maximum absolute atomic E-state index is 13.4. The van der Waals surface area contributed by atoms with E-state index in [4.69, 9.17) is 0 Å². The first-order chi connectivity index (χ1) is 8.49. The van der Waals surface area contributed by atoms with Gasteiger partial charge in [-0.15, -0.1) is 0 Å². The van der Waals surface area contributed by atoms with E-state index in [1.54, 1.807) is 13.8 Å². The van der Waals surface area contributed by atoms with E-state index in [-0.39, 0.29) is 11.6 Å². The van der Waals surface area contributed by atoms with Crippen molar-refractivity contribution in [3.8, 4) is 0 Å². The quantitative estimate of drug-likeness (QED) is 0.867. The second-order valence-corrected chi connectivity index (χ2v) is 5.03. The van der Waals surface area contributed by atoms with Crippen LogP contribution < -0.4 is 0 Å². The van der Waals surface area contributed by atoms with Crippen molar-refractivity contribution in [3.63, 3.8) is 0 Å². The lowest BCUT2D eigenvalue weighted by Crippen LogP contribution is -1.97. The minimum absolute atomic E-state index is 0.188. The molecule has 2 aromatic rings. The smallest absolute Gasteiger partial charge is 0.129 e. The topological polar surface area (TPSA) is 32.9 Å². The highest BCUT2D eigenvalue weighted by atomic mass is 19.1. The number of ketones is 1. The number of carbonyl (C=O) groups is 1. The summed E-state index contributed by atoms with van der Waals surface area (Å²) in [5, 5.41) is 1.06. The molecule has 2 nitrogen and oxygen atoms in total. The minimum Gasteiger partial charge on any atom is -0.361 e. The van der Waals surface area contributed by atoms with E-state index in [1.807, 2.05) is 12.3 Å². The highest BCUT2D eigenvalue weighted by molar-refractivity contribution is 5.84. The number of H-pyrrole nitrogens is 1. The molecule has 0 unspecified atom stereocenters. The van der Waals surface area contributed by atoms with Crippen LogP contribution in [0, 0.1) is 12.7 Å². The molecule has 1 aromatic carbocycles. The Morgan fingerprint density at radius 2 is 2.17 bits per heavy atom. The van der Waals surface area contributed by atoms with E-state index in [1.165, 1.54) is 6.07 Å². The zero-order valence-electron chi connectivity index (χ0n) is 11.0. The van der Waals surface area contributed by atoms with Gasteiger partial charge in [0.05, 0.1) is 0 Å². The van der Waals surface area contributed by atoms with Gasteiger partial charge in [0.25, 0.3) is 0 Å². The van der Waals surface area contributed by atoms with Crippen LogP contribution in [0.15, 0.2) is 18.3 Å². The van der Waals surface area contributed by atoms with Crippen molar-refractivity contribution in [1.29, 1.82) is 0 Å². The molecule has 0 spiro atoms. The number of halogens is 1. The van der Waals surface area contributed by atoms with Crippen molar-refractivity contribution < 1.29 is 9.18 Å². The lowest BCUT2D eigenvalue weighted by molar-refractivity contribution is -0.117. The normalized spacial score (nSPS) is 12.9. The van der Waals surface area contributed by atoms with E-state index in [9.17, 15) is 9.18 Å². The van der Waals surface area contributed by atoms with E-state index >= 15 is 0 Å². The van der Waals surface area contributed by atoms with Crippen LogP contribution in [-0.2, 0) is 4.79 Å². The summed E-state index contributed by atoms with van der Waals surface area (Å²) in [6.45, 7) is 5.48. The monoisotopic (exact) mass is 247 g/mol. The summed E-state index contributed by atoms with van der Waals surface area (Å²) < 4.78 is 13.4. The molecule has 0 fully saturated rings. The van der Waals surface area contributed by atoms with E-state index in [0.717, 1.165) is 22.9 Å². The van der Waals surface area contributed by atoms with Crippen molar-refractivity contribution in [3.05, 3.63) is 35.3 Å². The molecule has 3 heteroatoms. The lowest BCUT2D eigenvalue weighted by Gasteiger charge is -2.09. The largest absolute Gasteiger partial charge is 0.361 e. The highest BCUT2D eigenvalue weighted by Gasteiger charge is 2.13. The number of aromatic amines is 1. The number of benzene rings is 1. The van der Waals surface area contributed by atoms with Gasteiger partial charge in [0.2, 0.25) is 0 Å². The van der Waals surface area contributed by atoms with Gasteiger partial charge in [-0.05, 0) is 49.4 Å². The van der Waals surface area contributed by atoms with Crippen LogP contribution in [0.1, 0.15) is 43.7 Å². The van der Waals surface area contributed by atoms with Crippen molar-refractivity contribution in [2.24, 2.45) is 0 Å². The maximum Gasteiger partial charge on any atom is 0.129 e. The second-order valence-electron chi connectivity index (χ2n) is 5.03. The molecule has 1 atom stereocenters. The van der Waals surface area contributed by atoms with Crippen molar-refractivity contribution in [1.82, 2.24) is 4.98 Å². The fraction of sp³-hybridized carbons (Fsp3) is 0.400. The summed E-state index contributed by atoms with van der Waals surface area (Å²) in [4.78, 5) is 14.1. The van der Waals surface area contributed by atoms with Crippen molar-refractivity contribution >= 4 is 16.7 Å². The predicted molar refractivity (Wildman–Crippen MR) is 71.3 cm³/mol. The molecule has 0 aliphatic rings. The Morgan fingerprint density at radius 1 is 1.44 bits per heavy atom. The van der Waals surface area contributed by atoms with Gasteiger partial charge < -0.3 is 9.78 Å². The molecule has 1 aromatic heterocycles. The van der Waals surface area contributed by atoms with Crippen LogP contribution in [0.4, 0.5) is 4.39 Å². The first kappa shape index (κ1) is 12.8. The van der Waals surface area contributed by atoms with E-state index in [0.29, 0.717) is 17.9 Å². The first-order valence-corrected chi connectivity index (χ1v) is 6.25. The van der Waals surface area contributed by atoms with Gasteiger partial charge in [-0.3, -0.25) is 0 Å². The zero-order chi connectivity index (χ0) is 13.3. The van der Waals surface area contributed by atoms with Gasteiger partial charge in [0, 0.05) is 23.5 Å². The summed E-state index contributed by atoms with van der Waals surface area (Å²) in [6.07, 6.45) is 3.35. The Balaban J connectivity index is 2.33. The van der Waals surface area contributed by atoms with Crippen LogP contribution in [-0.4, -0.2) is 10.8 Å². The number of aromatic nitrogens is 1. The van der Waals surface area contributed by atoms with Gasteiger partial charge in [-0.2, -0.15) is 0 Å². The van der Waals surface area contributed by atoms with Gasteiger partial charge >= 0.3 is 0 Å². The summed E-state index contributed by atoms with van der Waals surface area (Å²) >= 11 is 0. The number of rotatable bonds is 4. The van der Waals surface area contributed by atoms with Crippen molar-refractivity contribution in [2.75, 3.05) is 0 Å². The molecule has 0 radical (unpaired) electrons. The highest BCUT2D eigenvalue weighted by Crippen LogP contribution is 2.30. The third kappa shape index (κ3) is 2.45. The SMILES string of the molecule is CC(=O)CC[C@H](C)c1c[nH]c2cc(F)c(C)cc12. The molecule has 1 N–H and O–H groups in total. The summed E-state index contributed by atoms with van der Waals surface area (Å²) in [7, 11) is 0. The van der Waals surface area contributed by atoms with E-state index in [2.05, 4.69) is 11.9 Å². The standard InChI is InChI=1S/C15H18FNO/c1-9(4-5-11(3)18)13-8-17-15-7-14(16)10(2)6-12(13)15/h6-9,17H,4-5H2,1-3H3/t9-/m0/s1. The summed E-state index contributed by atoms with van der Waals surface area (Å²) in [5.41, 5.74) is 2.64.